The number of hydrogen-bond acceptors (Lipinski definition) is 5. The van der Waals surface area contributed by atoms with Crippen LogP contribution in [0.15, 0.2) is 18.6 Å². The largest absolute Gasteiger partial charge is 0.354 e. The zero-order chi connectivity index (χ0) is 14.1. The molecule has 20 heavy (non-hydrogen) atoms. The lowest BCUT2D eigenvalue weighted by Gasteiger charge is -2.06. The van der Waals surface area contributed by atoms with Crippen molar-refractivity contribution >= 4 is 17.1 Å². The third-order valence-corrected chi connectivity index (χ3v) is 3.02. The molecule has 3 rings (SSSR count). The number of hydrogen-bond donors (Lipinski definition) is 2. The normalized spacial score (nSPS) is 11.4. The third kappa shape index (κ3) is 2.11. The van der Waals surface area contributed by atoms with Crippen LogP contribution in [-0.2, 0) is 0 Å². The first-order chi connectivity index (χ1) is 9.69. The van der Waals surface area contributed by atoms with E-state index in [0.29, 0.717) is 23.3 Å². The van der Waals surface area contributed by atoms with Gasteiger partial charge in [-0.05, 0) is 18.9 Å². The predicted octanol–water partition coefficient (Wildman–Crippen LogP) is 2.09. The van der Waals surface area contributed by atoms with Crippen molar-refractivity contribution in [1.82, 2.24) is 29.7 Å². The van der Waals surface area contributed by atoms with Crippen LogP contribution in [0.2, 0.25) is 0 Å². The van der Waals surface area contributed by atoms with Crippen LogP contribution >= 0.6 is 0 Å². The molecule has 0 atom stereocenters. The molecule has 0 saturated heterocycles. The van der Waals surface area contributed by atoms with Gasteiger partial charge in [-0.25, -0.2) is 9.67 Å². The van der Waals surface area contributed by atoms with Gasteiger partial charge in [-0.15, -0.1) is 0 Å². The number of imidazole rings is 1. The van der Waals surface area contributed by atoms with E-state index in [1.54, 1.807) is 11.0 Å². The Labute approximate surface area is 116 Å². The number of H-pyrrole nitrogens is 1. The SMILES string of the molecule is CCNc1nc(-n2ccc(C(C)C)n2)c2[nH]cnc2n1. The topological polar surface area (TPSA) is 84.3 Å². The van der Waals surface area contributed by atoms with Crippen LogP contribution in [0.1, 0.15) is 32.4 Å². The summed E-state index contributed by atoms with van der Waals surface area (Å²) in [6.07, 6.45) is 3.53. The average molecular weight is 271 g/mol. The molecule has 0 aromatic carbocycles. The first-order valence-corrected chi connectivity index (χ1v) is 6.70. The Bertz CT molecular complexity index is 725. The smallest absolute Gasteiger partial charge is 0.226 e. The minimum Gasteiger partial charge on any atom is -0.354 e. The van der Waals surface area contributed by atoms with Gasteiger partial charge in [0.1, 0.15) is 5.52 Å². The predicted molar refractivity (Wildman–Crippen MR) is 77.1 cm³/mol. The summed E-state index contributed by atoms with van der Waals surface area (Å²) in [7, 11) is 0. The molecule has 2 N–H and O–H groups in total. The molecule has 0 bridgehead atoms. The zero-order valence-corrected chi connectivity index (χ0v) is 11.8. The molecule has 3 aromatic rings. The average Bonchev–Trinajstić information content (AvgIpc) is 3.07. The van der Waals surface area contributed by atoms with Crippen molar-refractivity contribution in [1.29, 1.82) is 0 Å². The first kappa shape index (κ1) is 12.6. The lowest BCUT2D eigenvalue weighted by molar-refractivity contribution is 0.759. The number of anilines is 1. The van der Waals surface area contributed by atoms with Gasteiger partial charge in [-0.2, -0.15) is 15.1 Å². The molecule has 0 fully saturated rings. The molecule has 7 heteroatoms. The number of nitrogens with zero attached hydrogens (tertiary/aromatic N) is 5. The molecule has 0 unspecified atom stereocenters. The standard InChI is InChI=1S/C13H17N7/c1-4-14-13-17-11-10(15-7-16-11)12(18-13)20-6-5-9(19-20)8(2)3/h5-8H,4H2,1-3H3,(H2,14,15,16,17,18). The van der Waals surface area contributed by atoms with Gasteiger partial charge in [0.05, 0.1) is 12.0 Å². The quantitative estimate of drug-likeness (QED) is 0.759. The minimum atomic E-state index is 0.378. The molecule has 0 amide bonds. The van der Waals surface area contributed by atoms with E-state index in [2.05, 4.69) is 44.2 Å². The summed E-state index contributed by atoms with van der Waals surface area (Å²) in [5.74, 6) is 1.64. The molecule has 7 nitrogen and oxygen atoms in total. The van der Waals surface area contributed by atoms with Gasteiger partial charge in [-0.3, -0.25) is 0 Å². The number of rotatable bonds is 4. The van der Waals surface area contributed by atoms with Crippen LogP contribution in [-0.4, -0.2) is 36.3 Å². The fraction of sp³-hybridized carbons (Fsp3) is 0.385. The van der Waals surface area contributed by atoms with E-state index in [9.17, 15) is 0 Å². The maximum atomic E-state index is 4.56. The van der Waals surface area contributed by atoms with E-state index in [1.807, 2.05) is 19.2 Å². The number of nitrogens with one attached hydrogen (secondary N) is 2. The van der Waals surface area contributed by atoms with Crippen molar-refractivity contribution in [3.8, 4) is 5.82 Å². The molecule has 0 aliphatic heterocycles. The Morgan fingerprint density at radius 3 is 2.90 bits per heavy atom. The maximum Gasteiger partial charge on any atom is 0.226 e. The van der Waals surface area contributed by atoms with Crippen LogP contribution in [0.3, 0.4) is 0 Å². The van der Waals surface area contributed by atoms with Crippen molar-refractivity contribution in [3.63, 3.8) is 0 Å². The second-order valence-electron chi connectivity index (χ2n) is 4.84. The van der Waals surface area contributed by atoms with Crippen LogP contribution < -0.4 is 5.32 Å². The van der Waals surface area contributed by atoms with Crippen molar-refractivity contribution in [2.24, 2.45) is 0 Å². The highest BCUT2D eigenvalue weighted by atomic mass is 15.3. The summed E-state index contributed by atoms with van der Waals surface area (Å²) < 4.78 is 1.76. The van der Waals surface area contributed by atoms with Gasteiger partial charge < -0.3 is 10.3 Å². The van der Waals surface area contributed by atoms with E-state index in [1.165, 1.54) is 0 Å². The monoisotopic (exact) mass is 271 g/mol. The lowest BCUT2D eigenvalue weighted by Crippen LogP contribution is -2.07. The maximum absolute atomic E-state index is 4.56. The van der Waals surface area contributed by atoms with Crippen LogP contribution in [0.5, 0.6) is 0 Å². The molecule has 0 aliphatic carbocycles. The molecule has 3 heterocycles. The Balaban J connectivity index is 2.14. The van der Waals surface area contributed by atoms with Crippen molar-refractivity contribution < 1.29 is 0 Å². The Morgan fingerprint density at radius 1 is 1.35 bits per heavy atom. The Kier molecular flexibility index (Phi) is 3.09. The highest BCUT2D eigenvalue weighted by molar-refractivity contribution is 5.79. The van der Waals surface area contributed by atoms with E-state index in [4.69, 9.17) is 0 Å². The second kappa shape index (κ2) is 4.92. The molecule has 0 spiro atoms. The van der Waals surface area contributed by atoms with Gasteiger partial charge in [0.25, 0.3) is 0 Å². The summed E-state index contributed by atoms with van der Waals surface area (Å²) in [5, 5.41) is 7.67. The fourth-order valence-corrected chi connectivity index (χ4v) is 1.98. The summed E-state index contributed by atoms with van der Waals surface area (Å²) >= 11 is 0. The minimum absolute atomic E-state index is 0.378. The van der Waals surface area contributed by atoms with Crippen LogP contribution in [0, 0.1) is 0 Å². The summed E-state index contributed by atoms with van der Waals surface area (Å²) in [4.78, 5) is 16.1. The Morgan fingerprint density at radius 2 is 2.20 bits per heavy atom. The zero-order valence-electron chi connectivity index (χ0n) is 11.8. The number of fused-ring (bicyclic) bond motifs is 1. The van der Waals surface area contributed by atoms with Crippen LogP contribution in [0.4, 0.5) is 5.95 Å². The first-order valence-electron chi connectivity index (χ1n) is 6.70. The summed E-state index contributed by atoms with van der Waals surface area (Å²) in [6, 6.07) is 2.00. The van der Waals surface area contributed by atoms with Gasteiger partial charge >= 0.3 is 0 Å². The molecule has 104 valence electrons. The fourth-order valence-electron chi connectivity index (χ4n) is 1.98. The third-order valence-electron chi connectivity index (χ3n) is 3.02. The van der Waals surface area contributed by atoms with E-state index in [0.717, 1.165) is 17.8 Å². The molecule has 0 radical (unpaired) electrons. The van der Waals surface area contributed by atoms with Crippen molar-refractivity contribution in [2.75, 3.05) is 11.9 Å². The Hall–Kier alpha value is -2.44. The lowest BCUT2D eigenvalue weighted by atomic mass is 10.1. The van der Waals surface area contributed by atoms with Gasteiger partial charge in [0.15, 0.2) is 11.5 Å². The highest BCUT2D eigenvalue weighted by Gasteiger charge is 2.13. The molecule has 0 aliphatic rings. The number of aromatic amines is 1. The van der Waals surface area contributed by atoms with Crippen molar-refractivity contribution in [3.05, 3.63) is 24.3 Å². The van der Waals surface area contributed by atoms with E-state index >= 15 is 0 Å². The van der Waals surface area contributed by atoms with E-state index < -0.39 is 0 Å². The molecular weight excluding hydrogens is 254 g/mol. The summed E-state index contributed by atoms with van der Waals surface area (Å²) in [6.45, 7) is 6.99. The number of aromatic nitrogens is 6. The molecular formula is C13H17N7. The summed E-state index contributed by atoms with van der Waals surface area (Å²) in [5.41, 5.74) is 2.44. The van der Waals surface area contributed by atoms with Crippen molar-refractivity contribution in [2.45, 2.75) is 26.7 Å². The van der Waals surface area contributed by atoms with Gasteiger partial charge in [0, 0.05) is 12.7 Å². The second-order valence-corrected chi connectivity index (χ2v) is 4.84. The van der Waals surface area contributed by atoms with Gasteiger partial charge in [0.2, 0.25) is 5.95 Å². The molecule has 3 aromatic heterocycles. The van der Waals surface area contributed by atoms with Gasteiger partial charge in [-0.1, -0.05) is 13.8 Å². The van der Waals surface area contributed by atoms with Crippen LogP contribution in [0.25, 0.3) is 17.0 Å². The molecule has 0 saturated carbocycles. The van der Waals surface area contributed by atoms with E-state index in [-0.39, 0.29) is 0 Å². The highest BCUT2D eigenvalue weighted by Crippen LogP contribution is 2.19.